The van der Waals surface area contributed by atoms with Gasteiger partial charge in [0.2, 0.25) is 0 Å². The highest BCUT2D eigenvalue weighted by molar-refractivity contribution is 5.47. The number of tetrazole rings is 1. The largest absolute Gasteiger partial charge is 0.399 e. The molecule has 0 atom stereocenters. The van der Waals surface area contributed by atoms with Crippen LogP contribution in [0.2, 0.25) is 0 Å². The number of rotatable bonds is 3. The molecule has 0 saturated heterocycles. The third-order valence-corrected chi connectivity index (χ3v) is 2.16. The van der Waals surface area contributed by atoms with Crippen molar-refractivity contribution >= 4 is 5.69 Å². The van der Waals surface area contributed by atoms with Gasteiger partial charge in [0.15, 0.2) is 5.82 Å². The Labute approximate surface area is 92.1 Å². The van der Waals surface area contributed by atoms with Gasteiger partial charge in [0.05, 0.1) is 5.69 Å². The highest BCUT2D eigenvalue weighted by atomic mass is 19.1. The number of halogens is 1. The molecular formula is C10H12FN5. The van der Waals surface area contributed by atoms with Crippen molar-refractivity contribution in [2.45, 2.75) is 19.8 Å². The summed E-state index contributed by atoms with van der Waals surface area (Å²) in [7, 11) is 0. The van der Waals surface area contributed by atoms with Gasteiger partial charge in [0.25, 0.3) is 0 Å². The van der Waals surface area contributed by atoms with Gasteiger partial charge in [0, 0.05) is 12.1 Å². The van der Waals surface area contributed by atoms with Gasteiger partial charge in [-0.15, -0.1) is 5.10 Å². The molecule has 0 radical (unpaired) electrons. The van der Waals surface area contributed by atoms with E-state index in [0.29, 0.717) is 17.2 Å². The van der Waals surface area contributed by atoms with Gasteiger partial charge in [-0.25, -0.2) is 4.39 Å². The quantitative estimate of drug-likeness (QED) is 0.794. The van der Waals surface area contributed by atoms with Crippen LogP contribution >= 0.6 is 0 Å². The zero-order chi connectivity index (χ0) is 11.5. The van der Waals surface area contributed by atoms with Crippen LogP contribution in [0.1, 0.15) is 19.2 Å². The van der Waals surface area contributed by atoms with Crippen LogP contribution in [0.25, 0.3) is 5.69 Å². The summed E-state index contributed by atoms with van der Waals surface area (Å²) in [6.07, 6.45) is 1.66. The van der Waals surface area contributed by atoms with Crippen molar-refractivity contribution in [2.75, 3.05) is 5.73 Å². The van der Waals surface area contributed by atoms with Crippen molar-refractivity contribution in [3.05, 3.63) is 29.8 Å². The van der Waals surface area contributed by atoms with Crippen molar-refractivity contribution in [3.63, 3.8) is 0 Å². The fourth-order valence-corrected chi connectivity index (χ4v) is 1.50. The predicted molar refractivity (Wildman–Crippen MR) is 57.5 cm³/mol. The summed E-state index contributed by atoms with van der Waals surface area (Å²) < 4.78 is 14.7. The lowest BCUT2D eigenvalue weighted by Gasteiger charge is -2.04. The molecule has 84 valence electrons. The van der Waals surface area contributed by atoms with Gasteiger partial charge < -0.3 is 5.73 Å². The first-order valence-corrected chi connectivity index (χ1v) is 5.04. The van der Waals surface area contributed by atoms with Crippen molar-refractivity contribution in [1.29, 1.82) is 0 Å². The van der Waals surface area contributed by atoms with Gasteiger partial charge in [-0.3, -0.25) is 0 Å². The summed E-state index contributed by atoms with van der Waals surface area (Å²) >= 11 is 0. The molecule has 0 aliphatic heterocycles. The van der Waals surface area contributed by atoms with Gasteiger partial charge >= 0.3 is 0 Å². The highest BCUT2D eigenvalue weighted by Gasteiger charge is 2.08. The maximum Gasteiger partial charge on any atom is 0.156 e. The number of hydrogen-bond acceptors (Lipinski definition) is 4. The second-order valence-corrected chi connectivity index (χ2v) is 3.50. The van der Waals surface area contributed by atoms with Crippen LogP contribution in [0.4, 0.5) is 10.1 Å². The lowest BCUT2D eigenvalue weighted by molar-refractivity contribution is 0.624. The van der Waals surface area contributed by atoms with E-state index in [1.165, 1.54) is 16.8 Å². The molecule has 1 aromatic heterocycles. The number of nitrogens with zero attached hydrogens (tertiary/aromatic N) is 4. The topological polar surface area (TPSA) is 69.6 Å². The van der Waals surface area contributed by atoms with Crippen LogP contribution in [0.5, 0.6) is 0 Å². The van der Waals surface area contributed by atoms with E-state index in [1.807, 2.05) is 6.92 Å². The Hall–Kier alpha value is -1.98. The fourth-order valence-electron chi connectivity index (χ4n) is 1.50. The zero-order valence-corrected chi connectivity index (χ0v) is 8.89. The molecule has 0 bridgehead atoms. The number of nitrogen functional groups attached to an aromatic ring is 1. The van der Waals surface area contributed by atoms with Crippen LogP contribution in [0.3, 0.4) is 0 Å². The summed E-state index contributed by atoms with van der Waals surface area (Å²) in [6.45, 7) is 2.03. The first-order chi connectivity index (χ1) is 7.70. The highest BCUT2D eigenvalue weighted by Crippen LogP contribution is 2.15. The molecule has 0 fully saturated rings. The average molecular weight is 221 g/mol. The normalized spacial score (nSPS) is 10.6. The van der Waals surface area contributed by atoms with E-state index in [-0.39, 0.29) is 0 Å². The average Bonchev–Trinajstić information content (AvgIpc) is 2.65. The van der Waals surface area contributed by atoms with Crippen molar-refractivity contribution < 1.29 is 4.39 Å². The van der Waals surface area contributed by atoms with E-state index >= 15 is 0 Å². The monoisotopic (exact) mass is 221 g/mol. The van der Waals surface area contributed by atoms with Crippen LogP contribution in [-0.2, 0) is 6.42 Å². The molecule has 0 aliphatic rings. The maximum absolute atomic E-state index is 13.2. The predicted octanol–water partition coefficient (Wildman–Crippen LogP) is 1.34. The molecule has 0 unspecified atom stereocenters. The Morgan fingerprint density at radius 3 is 2.88 bits per heavy atom. The summed E-state index contributed by atoms with van der Waals surface area (Å²) in [5.41, 5.74) is 6.47. The number of nitrogens with two attached hydrogens (primary N) is 1. The molecule has 1 heterocycles. The Morgan fingerprint density at radius 2 is 2.19 bits per heavy atom. The number of aryl methyl sites for hydroxylation is 1. The number of anilines is 1. The van der Waals surface area contributed by atoms with E-state index in [2.05, 4.69) is 15.5 Å². The molecule has 5 nitrogen and oxygen atoms in total. The fraction of sp³-hybridized carbons (Fsp3) is 0.300. The van der Waals surface area contributed by atoms with Crippen molar-refractivity contribution in [2.24, 2.45) is 0 Å². The second kappa shape index (κ2) is 4.26. The molecule has 0 amide bonds. The molecule has 0 saturated carbocycles. The minimum Gasteiger partial charge on any atom is -0.399 e. The Balaban J connectivity index is 2.45. The molecule has 16 heavy (non-hydrogen) atoms. The lowest BCUT2D eigenvalue weighted by atomic mass is 10.2. The van der Waals surface area contributed by atoms with Crippen LogP contribution in [-0.4, -0.2) is 20.2 Å². The maximum atomic E-state index is 13.2. The van der Waals surface area contributed by atoms with Gasteiger partial charge in [-0.2, -0.15) is 4.68 Å². The second-order valence-electron chi connectivity index (χ2n) is 3.50. The smallest absolute Gasteiger partial charge is 0.156 e. The minimum atomic E-state index is -0.395. The number of hydrogen-bond donors (Lipinski definition) is 1. The Kier molecular flexibility index (Phi) is 2.80. The van der Waals surface area contributed by atoms with Gasteiger partial charge in [0.1, 0.15) is 5.82 Å². The van der Waals surface area contributed by atoms with E-state index in [9.17, 15) is 4.39 Å². The molecule has 2 aromatic rings. The number of aromatic nitrogens is 4. The third-order valence-electron chi connectivity index (χ3n) is 2.16. The Bertz CT molecular complexity index is 473. The van der Waals surface area contributed by atoms with E-state index < -0.39 is 5.82 Å². The van der Waals surface area contributed by atoms with Crippen LogP contribution < -0.4 is 5.73 Å². The summed E-state index contributed by atoms with van der Waals surface area (Å²) in [4.78, 5) is 0. The molecule has 6 heteroatoms. The zero-order valence-electron chi connectivity index (χ0n) is 8.89. The molecule has 0 spiro atoms. The van der Waals surface area contributed by atoms with Crippen LogP contribution in [0.15, 0.2) is 18.2 Å². The van der Waals surface area contributed by atoms with E-state index in [1.54, 1.807) is 6.07 Å². The first kappa shape index (κ1) is 10.5. The molecule has 0 aliphatic carbocycles. The van der Waals surface area contributed by atoms with Gasteiger partial charge in [-0.1, -0.05) is 6.92 Å². The molecule has 1 aromatic carbocycles. The Morgan fingerprint density at radius 1 is 1.38 bits per heavy atom. The number of benzene rings is 1. The standard InChI is InChI=1S/C10H12FN5/c1-2-3-10-13-14-15-16(10)9-5-7(11)4-8(12)6-9/h4-6H,2-3,12H2,1H3. The first-order valence-electron chi connectivity index (χ1n) is 5.04. The molecule has 2 rings (SSSR count). The van der Waals surface area contributed by atoms with Crippen LogP contribution in [0, 0.1) is 5.82 Å². The van der Waals surface area contributed by atoms with E-state index in [0.717, 1.165) is 12.8 Å². The minimum absolute atomic E-state index is 0.355. The van der Waals surface area contributed by atoms with Crippen molar-refractivity contribution in [3.8, 4) is 5.69 Å². The summed E-state index contributed by atoms with van der Waals surface area (Å²) in [6, 6.07) is 4.25. The summed E-state index contributed by atoms with van der Waals surface area (Å²) in [5, 5.41) is 11.3. The van der Waals surface area contributed by atoms with Crippen molar-refractivity contribution in [1.82, 2.24) is 20.2 Å². The third kappa shape index (κ3) is 2.00. The SMILES string of the molecule is CCCc1nnnn1-c1cc(N)cc(F)c1. The molecule has 2 N–H and O–H groups in total. The summed E-state index contributed by atoms with van der Waals surface area (Å²) in [5.74, 6) is 0.306. The van der Waals surface area contributed by atoms with Gasteiger partial charge in [-0.05, 0) is 35.0 Å². The van der Waals surface area contributed by atoms with E-state index in [4.69, 9.17) is 5.73 Å². The molecular weight excluding hydrogens is 209 g/mol. The lowest BCUT2D eigenvalue weighted by Crippen LogP contribution is -2.04.